The lowest BCUT2D eigenvalue weighted by atomic mass is 10.1. The number of rotatable bonds is 6. The second-order valence-electron chi connectivity index (χ2n) is 4.98. The summed E-state index contributed by atoms with van der Waals surface area (Å²) >= 11 is 0. The maximum absolute atomic E-state index is 12.3. The van der Waals surface area contributed by atoms with Crippen LogP contribution < -0.4 is 5.32 Å². The molecule has 0 bridgehead atoms. The summed E-state index contributed by atoms with van der Waals surface area (Å²) in [5.74, 6) is 0.290. The molecule has 1 aromatic rings. The first kappa shape index (κ1) is 12.2. The molecule has 1 fully saturated rings. The number of likely N-dealkylation sites (N-methyl/N-ethyl adjacent to an activating group) is 1. The van der Waals surface area contributed by atoms with Crippen molar-refractivity contribution in [2.45, 2.75) is 19.3 Å². The molecule has 1 amide bonds. The predicted octanol–water partition coefficient (Wildman–Crippen LogP) is 1.02. The maximum atomic E-state index is 12.3. The predicted molar refractivity (Wildman–Crippen MR) is 67.7 cm³/mol. The van der Waals surface area contributed by atoms with Crippen LogP contribution in [0.5, 0.6) is 0 Å². The van der Waals surface area contributed by atoms with E-state index in [1.165, 1.54) is 5.69 Å². The van der Waals surface area contributed by atoms with Crippen molar-refractivity contribution in [3.05, 3.63) is 24.0 Å². The molecule has 94 valence electrons. The van der Waals surface area contributed by atoms with Gasteiger partial charge in [-0.1, -0.05) is 0 Å². The number of H-pyrrole nitrogens is 1. The number of hydrogen-bond donors (Lipinski definition) is 2. The Morgan fingerprint density at radius 3 is 2.88 bits per heavy atom. The summed E-state index contributed by atoms with van der Waals surface area (Å²) in [7, 11) is 3.81. The van der Waals surface area contributed by atoms with Gasteiger partial charge in [-0.05, 0) is 32.0 Å². The van der Waals surface area contributed by atoms with Crippen LogP contribution in [-0.4, -0.2) is 43.0 Å². The fourth-order valence-corrected chi connectivity index (χ4v) is 2.27. The van der Waals surface area contributed by atoms with Crippen LogP contribution in [0.4, 0.5) is 0 Å². The van der Waals surface area contributed by atoms with Crippen molar-refractivity contribution in [1.29, 1.82) is 0 Å². The van der Waals surface area contributed by atoms with Crippen molar-refractivity contribution >= 4 is 5.91 Å². The van der Waals surface area contributed by atoms with Gasteiger partial charge < -0.3 is 15.2 Å². The van der Waals surface area contributed by atoms with Gasteiger partial charge in [-0.25, -0.2) is 0 Å². The molecule has 1 heterocycles. The Balaban J connectivity index is 1.83. The Labute approximate surface area is 102 Å². The fraction of sp³-hybridized carbons (Fsp3) is 0.615. The molecule has 17 heavy (non-hydrogen) atoms. The third-order valence-electron chi connectivity index (χ3n) is 3.55. The molecular formula is C13H21N3O. The van der Waals surface area contributed by atoms with Crippen LogP contribution >= 0.6 is 0 Å². The van der Waals surface area contributed by atoms with Crippen molar-refractivity contribution in [3.8, 4) is 0 Å². The Hall–Kier alpha value is -1.29. The van der Waals surface area contributed by atoms with Crippen LogP contribution in [0.3, 0.4) is 0 Å². The molecule has 4 heteroatoms. The van der Waals surface area contributed by atoms with Gasteiger partial charge in [-0.15, -0.1) is 0 Å². The minimum atomic E-state index is -0.0980. The highest BCUT2D eigenvalue weighted by molar-refractivity contribution is 5.85. The minimum Gasteiger partial charge on any atom is -0.365 e. The molecule has 2 rings (SSSR count). The van der Waals surface area contributed by atoms with Crippen LogP contribution in [0.25, 0.3) is 0 Å². The summed E-state index contributed by atoms with van der Waals surface area (Å²) in [6.45, 7) is 1.59. The summed E-state index contributed by atoms with van der Waals surface area (Å²) in [5, 5.41) is 3.12. The number of carbonyl (C=O) groups is 1. The molecule has 1 aliphatic rings. The molecule has 0 unspecified atom stereocenters. The summed E-state index contributed by atoms with van der Waals surface area (Å²) in [6, 6.07) is 4.04. The van der Waals surface area contributed by atoms with Crippen molar-refractivity contribution in [1.82, 2.24) is 15.2 Å². The van der Waals surface area contributed by atoms with E-state index in [4.69, 9.17) is 0 Å². The number of nitrogens with zero attached hydrogens (tertiary/aromatic N) is 1. The van der Waals surface area contributed by atoms with Gasteiger partial charge >= 0.3 is 0 Å². The van der Waals surface area contributed by atoms with E-state index < -0.39 is 0 Å². The molecule has 0 aliphatic heterocycles. The largest absolute Gasteiger partial charge is 0.365 e. The second kappa shape index (κ2) is 4.92. The van der Waals surface area contributed by atoms with Crippen LogP contribution in [-0.2, 0) is 11.2 Å². The van der Waals surface area contributed by atoms with Gasteiger partial charge in [-0.2, -0.15) is 0 Å². The maximum Gasteiger partial charge on any atom is 0.229 e. The van der Waals surface area contributed by atoms with Gasteiger partial charge in [0.05, 0.1) is 5.41 Å². The third-order valence-corrected chi connectivity index (χ3v) is 3.55. The van der Waals surface area contributed by atoms with E-state index >= 15 is 0 Å². The minimum absolute atomic E-state index is 0.0980. The summed E-state index contributed by atoms with van der Waals surface area (Å²) in [4.78, 5) is 17.3. The first-order valence-corrected chi connectivity index (χ1v) is 6.20. The highest BCUT2D eigenvalue weighted by Crippen LogP contribution is 2.46. The van der Waals surface area contributed by atoms with Crippen LogP contribution in [0.2, 0.25) is 0 Å². The van der Waals surface area contributed by atoms with Gasteiger partial charge in [0.15, 0.2) is 0 Å². The number of hydrogen-bond acceptors (Lipinski definition) is 2. The van der Waals surface area contributed by atoms with Gasteiger partial charge in [-0.3, -0.25) is 4.79 Å². The van der Waals surface area contributed by atoms with Gasteiger partial charge in [0.1, 0.15) is 0 Å². The average Bonchev–Trinajstić information content (AvgIpc) is 2.92. The van der Waals surface area contributed by atoms with Crippen molar-refractivity contribution in [3.63, 3.8) is 0 Å². The molecule has 1 aliphatic carbocycles. The number of carbonyl (C=O) groups excluding carboxylic acids is 1. The lowest BCUT2D eigenvalue weighted by Crippen LogP contribution is -2.39. The fourth-order valence-electron chi connectivity index (χ4n) is 2.27. The highest BCUT2D eigenvalue weighted by Gasteiger charge is 2.50. The zero-order valence-electron chi connectivity index (χ0n) is 10.6. The Morgan fingerprint density at radius 1 is 1.59 bits per heavy atom. The Morgan fingerprint density at radius 2 is 2.35 bits per heavy atom. The monoisotopic (exact) mass is 235 g/mol. The SMILES string of the molecule is CNCC1(C(=O)N(C)CCc2ccc[nH]2)CC1. The van der Waals surface area contributed by atoms with Crippen molar-refractivity contribution in [2.75, 3.05) is 27.2 Å². The van der Waals surface area contributed by atoms with Crippen LogP contribution in [0.1, 0.15) is 18.5 Å². The topological polar surface area (TPSA) is 48.1 Å². The molecule has 0 saturated heterocycles. The van der Waals surface area contributed by atoms with E-state index in [-0.39, 0.29) is 5.41 Å². The quantitative estimate of drug-likeness (QED) is 0.773. The smallest absolute Gasteiger partial charge is 0.229 e. The van der Waals surface area contributed by atoms with E-state index in [1.807, 2.05) is 31.3 Å². The molecule has 0 atom stereocenters. The van der Waals surface area contributed by atoms with Gasteiger partial charge in [0, 0.05) is 38.4 Å². The normalized spacial score (nSPS) is 16.8. The average molecular weight is 235 g/mol. The van der Waals surface area contributed by atoms with E-state index in [0.29, 0.717) is 5.91 Å². The number of aromatic amines is 1. The summed E-state index contributed by atoms with van der Waals surface area (Å²) in [5.41, 5.74) is 1.09. The van der Waals surface area contributed by atoms with E-state index in [2.05, 4.69) is 16.4 Å². The molecule has 2 N–H and O–H groups in total. The van der Waals surface area contributed by atoms with Crippen LogP contribution in [0.15, 0.2) is 18.3 Å². The Bertz CT molecular complexity index is 368. The van der Waals surface area contributed by atoms with E-state index in [9.17, 15) is 4.79 Å². The molecule has 0 aromatic carbocycles. The highest BCUT2D eigenvalue weighted by atomic mass is 16.2. The zero-order valence-corrected chi connectivity index (χ0v) is 10.6. The second-order valence-corrected chi connectivity index (χ2v) is 4.98. The molecule has 1 aromatic heterocycles. The lowest BCUT2D eigenvalue weighted by Gasteiger charge is -2.23. The van der Waals surface area contributed by atoms with Gasteiger partial charge in [0.2, 0.25) is 5.91 Å². The number of nitrogens with one attached hydrogen (secondary N) is 2. The molecule has 4 nitrogen and oxygen atoms in total. The number of amides is 1. The first-order chi connectivity index (χ1) is 8.18. The van der Waals surface area contributed by atoms with Crippen molar-refractivity contribution in [2.24, 2.45) is 5.41 Å². The number of aromatic nitrogens is 1. The third kappa shape index (κ3) is 2.69. The summed E-state index contributed by atoms with van der Waals surface area (Å²) < 4.78 is 0. The molecule has 1 saturated carbocycles. The lowest BCUT2D eigenvalue weighted by molar-refractivity contribution is -0.135. The molecular weight excluding hydrogens is 214 g/mol. The first-order valence-electron chi connectivity index (χ1n) is 6.20. The van der Waals surface area contributed by atoms with E-state index in [0.717, 1.165) is 32.4 Å². The Kier molecular flexibility index (Phi) is 3.52. The standard InChI is InChI=1S/C13H21N3O/c1-14-10-13(6-7-13)12(17)16(2)9-5-11-4-3-8-15-11/h3-4,8,14-15H,5-7,9-10H2,1-2H3. The molecule has 0 spiro atoms. The van der Waals surface area contributed by atoms with Crippen molar-refractivity contribution < 1.29 is 4.79 Å². The summed E-state index contributed by atoms with van der Waals surface area (Å²) in [6.07, 6.45) is 4.87. The zero-order chi connectivity index (χ0) is 12.3. The van der Waals surface area contributed by atoms with Gasteiger partial charge in [0.25, 0.3) is 0 Å². The van der Waals surface area contributed by atoms with Crippen LogP contribution in [0, 0.1) is 5.41 Å². The van der Waals surface area contributed by atoms with E-state index in [1.54, 1.807) is 0 Å². The molecule has 0 radical (unpaired) electrons.